The van der Waals surface area contributed by atoms with Gasteiger partial charge in [0.1, 0.15) is 5.58 Å². The van der Waals surface area contributed by atoms with Gasteiger partial charge in [-0.05, 0) is 35.7 Å². The van der Waals surface area contributed by atoms with Crippen LogP contribution in [0.3, 0.4) is 0 Å². The van der Waals surface area contributed by atoms with E-state index in [1.807, 2.05) is 43.3 Å². The molecule has 3 aromatic rings. The van der Waals surface area contributed by atoms with Crippen molar-refractivity contribution in [3.8, 4) is 0 Å². The van der Waals surface area contributed by atoms with Gasteiger partial charge in [0.2, 0.25) is 0 Å². The maximum Gasteiger partial charge on any atom is 0.287 e. The minimum absolute atomic E-state index is 0.113. The minimum Gasteiger partial charge on any atom is -0.451 e. The molecule has 1 heterocycles. The average molecular weight is 281 g/mol. The van der Waals surface area contributed by atoms with Crippen molar-refractivity contribution in [2.45, 2.75) is 26.8 Å². The number of benzene rings is 2. The lowest BCUT2D eigenvalue weighted by atomic mass is 10.1. The summed E-state index contributed by atoms with van der Waals surface area (Å²) < 4.78 is 5.71. The molecule has 21 heavy (non-hydrogen) atoms. The molecule has 3 heteroatoms. The first-order chi connectivity index (χ1) is 10.1. The van der Waals surface area contributed by atoms with Gasteiger partial charge in [-0.3, -0.25) is 4.79 Å². The first-order valence-corrected chi connectivity index (χ1v) is 7.28. The van der Waals surface area contributed by atoms with E-state index in [2.05, 4.69) is 25.2 Å². The van der Waals surface area contributed by atoms with E-state index in [-0.39, 0.29) is 11.9 Å². The summed E-state index contributed by atoms with van der Waals surface area (Å²) in [6.45, 7) is 6.16. The second-order valence-corrected chi connectivity index (χ2v) is 5.82. The molecule has 3 nitrogen and oxygen atoms in total. The lowest BCUT2D eigenvalue weighted by Gasteiger charge is -2.16. The second-order valence-electron chi connectivity index (χ2n) is 5.82. The summed E-state index contributed by atoms with van der Waals surface area (Å²) >= 11 is 0. The minimum atomic E-state index is -0.156. The van der Waals surface area contributed by atoms with Gasteiger partial charge in [-0.25, -0.2) is 0 Å². The van der Waals surface area contributed by atoms with Gasteiger partial charge in [0.05, 0.1) is 0 Å². The Kier molecular flexibility index (Phi) is 3.42. The fourth-order valence-corrected chi connectivity index (χ4v) is 2.35. The SMILES string of the molecule is CC(C)C(C)NC(=O)c1cc2c(ccc3ccccc32)o1. The summed E-state index contributed by atoms with van der Waals surface area (Å²) in [6.07, 6.45) is 0. The van der Waals surface area contributed by atoms with Crippen LogP contribution in [0.1, 0.15) is 31.3 Å². The van der Waals surface area contributed by atoms with Crippen molar-refractivity contribution in [2.75, 3.05) is 0 Å². The van der Waals surface area contributed by atoms with Crippen LogP contribution < -0.4 is 5.32 Å². The average Bonchev–Trinajstić information content (AvgIpc) is 2.91. The van der Waals surface area contributed by atoms with Crippen molar-refractivity contribution in [3.05, 3.63) is 48.2 Å². The third-order valence-electron chi connectivity index (χ3n) is 4.01. The Morgan fingerprint density at radius 3 is 2.57 bits per heavy atom. The van der Waals surface area contributed by atoms with Crippen LogP contribution >= 0.6 is 0 Å². The van der Waals surface area contributed by atoms with Crippen molar-refractivity contribution in [1.82, 2.24) is 5.32 Å². The van der Waals surface area contributed by atoms with E-state index in [1.165, 1.54) is 0 Å². The fraction of sp³-hybridized carbons (Fsp3) is 0.278. The predicted molar refractivity (Wildman–Crippen MR) is 85.5 cm³/mol. The zero-order chi connectivity index (χ0) is 15.0. The first-order valence-electron chi connectivity index (χ1n) is 7.28. The highest BCUT2D eigenvalue weighted by Crippen LogP contribution is 2.28. The van der Waals surface area contributed by atoms with Gasteiger partial charge in [0, 0.05) is 11.4 Å². The van der Waals surface area contributed by atoms with Crippen LogP contribution in [0.2, 0.25) is 0 Å². The standard InChI is InChI=1S/C18H19NO2/c1-11(2)12(3)19-18(20)17-10-15-14-7-5-4-6-13(14)8-9-16(15)21-17/h4-12H,1-3H3,(H,19,20). The number of fused-ring (bicyclic) bond motifs is 3. The molecule has 0 aliphatic heterocycles. The Morgan fingerprint density at radius 1 is 1.05 bits per heavy atom. The van der Waals surface area contributed by atoms with E-state index in [1.54, 1.807) is 0 Å². The number of nitrogens with one attached hydrogen (secondary N) is 1. The van der Waals surface area contributed by atoms with E-state index in [0.29, 0.717) is 11.7 Å². The Bertz CT molecular complexity index is 801. The zero-order valence-electron chi connectivity index (χ0n) is 12.5. The molecule has 0 aliphatic carbocycles. The predicted octanol–water partition coefficient (Wildman–Crippen LogP) is 4.36. The van der Waals surface area contributed by atoms with E-state index < -0.39 is 0 Å². The van der Waals surface area contributed by atoms with Crippen molar-refractivity contribution in [1.29, 1.82) is 0 Å². The van der Waals surface area contributed by atoms with Crippen molar-refractivity contribution >= 4 is 27.6 Å². The molecule has 1 unspecified atom stereocenters. The van der Waals surface area contributed by atoms with Crippen molar-refractivity contribution in [2.24, 2.45) is 5.92 Å². The van der Waals surface area contributed by atoms with Gasteiger partial charge in [-0.1, -0.05) is 44.2 Å². The number of carbonyl (C=O) groups is 1. The monoisotopic (exact) mass is 281 g/mol. The van der Waals surface area contributed by atoms with Gasteiger partial charge in [-0.2, -0.15) is 0 Å². The van der Waals surface area contributed by atoms with E-state index in [0.717, 1.165) is 21.7 Å². The maximum atomic E-state index is 12.3. The van der Waals surface area contributed by atoms with Gasteiger partial charge in [0.25, 0.3) is 5.91 Å². The van der Waals surface area contributed by atoms with E-state index in [4.69, 9.17) is 4.42 Å². The molecule has 1 amide bonds. The van der Waals surface area contributed by atoms with Crippen LogP contribution in [-0.4, -0.2) is 11.9 Å². The summed E-state index contributed by atoms with van der Waals surface area (Å²) in [7, 11) is 0. The maximum absolute atomic E-state index is 12.3. The summed E-state index contributed by atoms with van der Waals surface area (Å²) in [5.74, 6) is 0.601. The topological polar surface area (TPSA) is 42.2 Å². The highest BCUT2D eigenvalue weighted by molar-refractivity contribution is 6.08. The number of rotatable bonds is 3. The van der Waals surface area contributed by atoms with Crippen LogP contribution in [0, 0.1) is 5.92 Å². The molecule has 1 N–H and O–H groups in total. The van der Waals surface area contributed by atoms with Gasteiger partial charge in [0.15, 0.2) is 5.76 Å². The molecule has 0 bridgehead atoms. The number of furan rings is 1. The fourth-order valence-electron chi connectivity index (χ4n) is 2.35. The highest BCUT2D eigenvalue weighted by atomic mass is 16.3. The third-order valence-corrected chi connectivity index (χ3v) is 4.01. The molecule has 0 spiro atoms. The van der Waals surface area contributed by atoms with Crippen LogP contribution in [-0.2, 0) is 0 Å². The van der Waals surface area contributed by atoms with Gasteiger partial charge < -0.3 is 9.73 Å². The quantitative estimate of drug-likeness (QED) is 0.775. The Labute approximate surface area is 123 Å². The molecule has 108 valence electrons. The molecule has 1 atom stereocenters. The van der Waals surface area contributed by atoms with Gasteiger partial charge in [-0.15, -0.1) is 0 Å². The molecule has 3 rings (SSSR count). The van der Waals surface area contributed by atoms with E-state index in [9.17, 15) is 4.79 Å². The Hall–Kier alpha value is -2.29. The number of carbonyl (C=O) groups excluding carboxylic acids is 1. The molecule has 0 aliphatic rings. The number of amides is 1. The molecular formula is C18H19NO2. The Morgan fingerprint density at radius 2 is 1.81 bits per heavy atom. The third kappa shape index (κ3) is 2.51. The lowest BCUT2D eigenvalue weighted by molar-refractivity contribution is 0.0904. The summed E-state index contributed by atoms with van der Waals surface area (Å²) in [5, 5.41) is 6.21. The zero-order valence-corrected chi connectivity index (χ0v) is 12.5. The van der Waals surface area contributed by atoms with E-state index >= 15 is 0 Å². The highest BCUT2D eigenvalue weighted by Gasteiger charge is 2.17. The van der Waals surface area contributed by atoms with Crippen molar-refractivity contribution < 1.29 is 9.21 Å². The summed E-state index contributed by atoms with van der Waals surface area (Å²) in [4.78, 5) is 12.3. The smallest absolute Gasteiger partial charge is 0.287 e. The van der Waals surface area contributed by atoms with Gasteiger partial charge >= 0.3 is 0 Å². The van der Waals surface area contributed by atoms with Crippen LogP contribution in [0.15, 0.2) is 46.9 Å². The van der Waals surface area contributed by atoms with Crippen LogP contribution in [0.5, 0.6) is 0 Å². The molecule has 0 radical (unpaired) electrons. The van der Waals surface area contributed by atoms with Crippen molar-refractivity contribution in [3.63, 3.8) is 0 Å². The molecule has 2 aromatic carbocycles. The molecule has 1 aromatic heterocycles. The number of hydrogen-bond acceptors (Lipinski definition) is 2. The lowest BCUT2D eigenvalue weighted by Crippen LogP contribution is -2.35. The Balaban J connectivity index is 2.01. The molecule has 0 fully saturated rings. The number of hydrogen-bond donors (Lipinski definition) is 1. The van der Waals surface area contributed by atoms with Crippen LogP contribution in [0.25, 0.3) is 21.7 Å². The first kappa shape index (κ1) is 13.7. The van der Waals surface area contributed by atoms with Crippen LogP contribution in [0.4, 0.5) is 0 Å². The molecular weight excluding hydrogens is 262 g/mol. The molecule has 0 saturated heterocycles. The second kappa shape index (κ2) is 5.24. The normalized spacial score (nSPS) is 13.0. The summed E-state index contributed by atoms with van der Waals surface area (Å²) in [6, 6.07) is 14.0. The molecule has 0 saturated carbocycles. The summed E-state index contributed by atoms with van der Waals surface area (Å²) in [5.41, 5.74) is 0.746. The largest absolute Gasteiger partial charge is 0.451 e.